The average Bonchev–Trinajstić information content (AvgIpc) is 2.60. The quantitative estimate of drug-likeness (QED) is 0.644. The van der Waals surface area contributed by atoms with Gasteiger partial charge in [0.15, 0.2) is 0 Å². The highest BCUT2D eigenvalue weighted by atomic mass is 16.3. The maximum Gasteiger partial charge on any atom is 0.0689 e. The van der Waals surface area contributed by atoms with E-state index >= 15 is 0 Å². The Morgan fingerprint density at radius 1 is 1.38 bits per heavy atom. The zero-order valence-electron chi connectivity index (χ0n) is 9.43. The van der Waals surface area contributed by atoms with Gasteiger partial charge in [0, 0.05) is 18.8 Å². The lowest BCUT2D eigenvalue weighted by atomic mass is 10.1. The fourth-order valence-electron chi connectivity index (χ4n) is 2.25. The third-order valence-corrected chi connectivity index (χ3v) is 3.19. The van der Waals surface area contributed by atoms with E-state index in [0.717, 1.165) is 18.8 Å². The van der Waals surface area contributed by atoms with E-state index in [-0.39, 0.29) is 12.6 Å². The van der Waals surface area contributed by atoms with E-state index < -0.39 is 6.10 Å². The van der Waals surface area contributed by atoms with E-state index in [2.05, 4.69) is 4.90 Å². The monoisotopic (exact) mass is 222 g/mol. The van der Waals surface area contributed by atoms with Crippen molar-refractivity contribution in [1.29, 1.82) is 0 Å². The molecule has 1 aliphatic heterocycles. The molecule has 2 rings (SSSR count). The summed E-state index contributed by atoms with van der Waals surface area (Å²) in [7, 11) is 0. The summed E-state index contributed by atoms with van der Waals surface area (Å²) in [4.78, 5) is 2.08. The Bertz CT molecular complexity index is 379. The van der Waals surface area contributed by atoms with Gasteiger partial charge in [0.1, 0.15) is 0 Å². The highest BCUT2D eigenvalue weighted by molar-refractivity contribution is 5.46. The number of nitrogen functional groups attached to an aromatic ring is 1. The van der Waals surface area contributed by atoms with Crippen LogP contribution in [0.25, 0.3) is 0 Å². The summed E-state index contributed by atoms with van der Waals surface area (Å²) in [5, 5.41) is 18.8. The lowest BCUT2D eigenvalue weighted by molar-refractivity contribution is 0.0232. The minimum atomic E-state index is -0.531. The zero-order chi connectivity index (χ0) is 11.7. The molecule has 4 N–H and O–H groups in total. The van der Waals surface area contributed by atoms with Crippen molar-refractivity contribution in [3.8, 4) is 0 Å². The van der Waals surface area contributed by atoms with E-state index in [1.807, 2.05) is 18.2 Å². The van der Waals surface area contributed by atoms with Crippen LogP contribution in [0, 0.1) is 0 Å². The van der Waals surface area contributed by atoms with Crippen molar-refractivity contribution in [3.05, 3.63) is 29.3 Å². The molecule has 0 aliphatic carbocycles. The minimum absolute atomic E-state index is 0.0266. The maximum absolute atomic E-state index is 9.58. The second-order valence-corrected chi connectivity index (χ2v) is 4.42. The molecule has 1 aromatic carbocycles. The van der Waals surface area contributed by atoms with Crippen LogP contribution >= 0.6 is 0 Å². The Hall–Kier alpha value is -1.10. The van der Waals surface area contributed by atoms with Gasteiger partial charge in [0.2, 0.25) is 0 Å². The number of benzene rings is 1. The first-order valence-corrected chi connectivity index (χ1v) is 5.52. The number of rotatable bonds is 3. The van der Waals surface area contributed by atoms with E-state index in [1.54, 1.807) is 6.92 Å². The van der Waals surface area contributed by atoms with Crippen molar-refractivity contribution in [3.63, 3.8) is 0 Å². The molecule has 1 heterocycles. The van der Waals surface area contributed by atoms with Gasteiger partial charge in [-0.05, 0) is 30.2 Å². The number of aliphatic hydroxyl groups excluding tert-OH is 2. The highest BCUT2D eigenvalue weighted by Crippen LogP contribution is 2.26. The third kappa shape index (κ3) is 2.04. The van der Waals surface area contributed by atoms with Gasteiger partial charge in [0.25, 0.3) is 0 Å². The Labute approximate surface area is 95.3 Å². The summed E-state index contributed by atoms with van der Waals surface area (Å²) in [6, 6.07) is 5.67. The molecule has 0 spiro atoms. The van der Waals surface area contributed by atoms with Crippen LogP contribution < -0.4 is 5.73 Å². The van der Waals surface area contributed by atoms with Crippen molar-refractivity contribution >= 4 is 5.69 Å². The summed E-state index contributed by atoms with van der Waals surface area (Å²) >= 11 is 0. The average molecular weight is 222 g/mol. The molecule has 0 aromatic heterocycles. The fourth-order valence-corrected chi connectivity index (χ4v) is 2.25. The Kier molecular flexibility index (Phi) is 3.14. The molecule has 2 atom stereocenters. The van der Waals surface area contributed by atoms with Gasteiger partial charge in [-0.25, -0.2) is 0 Å². The summed E-state index contributed by atoms with van der Waals surface area (Å²) in [6.07, 6.45) is -0.531. The molecule has 4 nitrogen and oxygen atoms in total. The lowest BCUT2D eigenvalue weighted by Gasteiger charge is -2.27. The molecule has 1 aromatic rings. The Balaban J connectivity index is 2.15. The molecule has 0 bridgehead atoms. The first-order valence-electron chi connectivity index (χ1n) is 5.52. The molecule has 16 heavy (non-hydrogen) atoms. The number of anilines is 1. The normalized spacial score (nSPS) is 19.4. The van der Waals surface area contributed by atoms with E-state index in [9.17, 15) is 10.2 Å². The van der Waals surface area contributed by atoms with Gasteiger partial charge in [-0.2, -0.15) is 0 Å². The van der Waals surface area contributed by atoms with Crippen LogP contribution in [-0.2, 0) is 13.1 Å². The van der Waals surface area contributed by atoms with E-state index in [4.69, 9.17) is 5.73 Å². The van der Waals surface area contributed by atoms with Crippen LogP contribution in [0.3, 0.4) is 0 Å². The standard InChI is InChI=1S/C12H18N2O2/c1-8(16)12(7-15)14-5-9-2-3-11(13)4-10(9)6-14/h2-4,8,12,15-16H,5-7,13H2,1H3. The number of fused-ring (bicyclic) bond motifs is 1. The van der Waals surface area contributed by atoms with Crippen molar-refractivity contribution in [1.82, 2.24) is 4.90 Å². The topological polar surface area (TPSA) is 69.7 Å². The molecule has 4 heteroatoms. The van der Waals surface area contributed by atoms with Gasteiger partial charge in [-0.15, -0.1) is 0 Å². The summed E-state index contributed by atoms with van der Waals surface area (Å²) < 4.78 is 0. The predicted molar refractivity (Wildman–Crippen MR) is 62.7 cm³/mol. The van der Waals surface area contributed by atoms with Crippen LogP contribution in [0.2, 0.25) is 0 Å². The SMILES string of the molecule is CC(O)C(CO)N1Cc2ccc(N)cc2C1. The first-order chi connectivity index (χ1) is 7.61. The smallest absolute Gasteiger partial charge is 0.0689 e. The number of nitrogens with two attached hydrogens (primary N) is 1. The Morgan fingerprint density at radius 2 is 2.06 bits per heavy atom. The van der Waals surface area contributed by atoms with Gasteiger partial charge < -0.3 is 15.9 Å². The van der Waals surface area contributed by atoms with Crippen LogP contribution in [0.4, 0.5) is 5.69 Å². The van der Waals surface area contributed by atoms with Crippen molar-refractivity contribution in [2.75, 3.05) is 12.3 Å². The van der Waals surface area contributed by atoms with Gasteiger partial charge in [-0.1, -0.05) is 6.07 Å². The maximum atomic E-state index is 9.58. The second-order valence-electron chi connectivity index (χ2n) is 4.42. The van der Waals surface area contributed by atoms with Gasteiger partial charge in [-0.3, -0.25) is 4.90 Å². The van der Waals surface area contributed by atoms with Crippen molar-refractivity contribution in [2.45, 2.75) is 32.2 Å². The Morgan fingerprint density at radius 3 is 2.69 bits per heavy atom. The molecule has 0 radical (unpaired) electrons. The molecule has 0 saturated carbocycles. The number of hydrogen-bond donors (Lipinski definition) is 3. The zero-order valence-corrected chi connectivity index (χ0v) is 9.43. The minimum Gasteiger partial charge on any atom is -0.399 e. The summed E-state index contributed by atoms with van der Waals surface area (Å²) in [6.45, 7) is 3.20. The van der Waals surface area contributed by atoms with Crippen molar-refractivity contribution < 1.29 is 10.2 Å². The molecule has 2 unspecified atom stereocenters. The number of aliphatic hydroxyl groups is 2. The van der Waals surface area contributed by atoms with Crippen LogP contribution in [0.1, 0.15) is 18.1 Å². The number of nitrogens with zero attached hydrogens (tertiary/aromatic N) is 1. The lowest BCUT2D eigenvalue weighted by Crippen LogP contribution is -2.41. The van der Waals surface area contributed by atoms with Crippen LogP contribution in [0.15, 0.2) is 18.2 Å². The largest absolute Gasteiger partial charge is 0.399 e. The van der Waals surface area contributed by atoms with Crippen LogP contribution in [0.5, 0.6) is 0 Å². The molecule has 1 aliphatic rings. The molecule has 88 valence electrons. The van der Waals surface area contributed by atoms with Crippen LogP contribution in [-0.4, -0.2) is 33.9 Å². The highest BCUT2D eigenvalue weighted by Gasteiger charge is 2.28. The molecule has 0 saturated heterocycles. The van der Waals surface area contributed by atoms with Gasteiger partial charge >= 0.3 is 0 Å². The summed E-state index contributed by atoms with van der Waals surface area (Å²) in [5.74, 6) is 0. The molecule has 0 amide bonds. The fraction of sp³-hybridized carbons (Fsp3) is 0.500. The second kappa shape index (κ2) is 4.41. The molecular weight excluding hydrogens is 204 g/mol. The predicted octanol–water partition coefficient (Wildman–Crippen LogP) is 0.326. The van der Waals surface area contributed by atoms with Crippen molar-refractivity contribution in [2.24, 2.45) is 0 Å². The molecular formula is C12H18N2O2. The third-order valence-electron chi connectivity index (χ3n) is 3.19. The summed E-state index contributed by atoms with van der Waals surface area (Å²) in [5.41, 5.74) is 8.91. The van der Waals surface area contributed by atoms with E-state index in [1.165, 1.54) is 11.1 Å². The van der Waals surface area contributed by atoms with Gasteiger partial charge in [0.05, 0.1) is 18.8 Å². The molecule has 0 fully saturated rings. The number of hydrogen-bond acceptors (Lipinski definition) is 4. The van der Waals surface area contributed by atoms with E-state index in [0.29, 0.717) is 0 Å². The first kappa shape index (κ1) is 11.4.